The van der Waals surface area contributed by atoms with Crippen molar-refractivity contribution in [3.63, 3.8) is 0 Å². The van der Waals surface area contributed by atoms with Crippen molar-refractivity contribution in [2.75, 3.05) is 5.32 Å². The van der Waals surface area contributed by atoms with Crippen LogP contribution < -0.4 is 10.1 Å². The number of hydrogen-bond acceptors (Lipinski definition) is 3. The molecule has 0 spiro atoms. The van der Waals surface area contributed by atoms with Gasteiger partial charge in [0.05, 0.1) is 0 Å². The van der Waals surface area contributed by atoms with Crippen molar-refractivity contribution in [1.82, 2.24) is 4.57 Å². The molecule has 0 radical (unpaired) electrons. The number of aromatic nitrogens is 1. The van der Waals surface area contributed by atoms with Crippen LogP contribution in [0, 0.1) is 12.3 Å². The molecular formula is C12H14ClN3OS. The molecule has 96 valence electrons. The Bertz CT molecular complexity index is 591. The molecule has 1 amide bonds. The lowest BCUT2D eigenvalue weighted by molar-refractivity contribution is -0.116. The summed E-state index contributed by atoms with van der Waals surface area (Å²) in [6, 6.07) is 7.63. The second-order valence-electron chi connectivity index (χ2n) is 3.70. The van der Waals surface area contributed by atoms with E-state index in [1.54, 1.807) is 16.1 Å². The zero-order valence-corrected chi connectivity index (χ0v) is 11.5. The Hall–Kier alpha value is -1.59. The Balaban J connectivity index is 0.00000162. The van der Waals surface area contributed by atoms with E-state index in [4.69, 9.17) is 5.41 Å². The Labute approximate surface area is 115 Å². The van der Waals surface area contributed by atoms with Crippen molar-refractivity contribution in [2.45, 2.75) is 13.5 Å². The topological polar surface area (TPSA) is 57.9 Å². The minimum absolute atomic E-state index is 0. The fraction of sp³-hybridized carbons (Fsp3) is 0.167. The largest absolute Gasteiger partial charge is 0.324 e. The molecule has 0 aliphatic heterocycles. The number of anilines is 1. The van der Waals surface area contributed by atoms with Crippen LogP contribution in [0.2, 0.25) is 0 Å². The highest BCUT2D eigenvalue weighted by molar-refractivity contribution is 7.06. The van der Waals surface area contributed by atoms with E-state index in [1.807, 2.05) is 31.2 Å². The first kappa shape index (κ1) is 14.5. The number of hydrogen-bond donors (Lipinski definition) is 2. The minimum Gasteiger partial charge on any atom is -0.324 e. The molecule has 0 aliphatic carbocycles. The molecule has 0 aliphatic rings. The van der Waals surface area contributed by atoms with Crippen LogP contribution in [0.15, 0.2) is 35.8 Å². The van der Waals surface area contributed by atoms with Crippen molar-refractivity contribution in [2.24, 2.45) is 0 Å². The van der Waals surface area contributed by atoms with Gasteiger partial charge < -0.3 is 9.88 Å². The summed E-state index contributed by atoms with van der Waals surface area (Å²) in [5.41, 5.74) is 1.85. The smallest absolute Gasteiger partial charge is 0.244 e. The van der Waals surface area contributed by atoms with Gasteiger partial charge in [-0.1, -0.05) is 18.2 Å². The summed E-state index contributed by atoms with van der Waals surface area (Å²) in [4.78, 5) is 12.2. The lowest BCUT2D eigenvalue weighted by Gasteiger charge is -2.08. The Morgan fingerprint density at radius 1 is 1.44 bits per heavy atom. The van der Waals surface area contributed by atoms with Gasteiger partial charge in [0.1, 0.15) is 6.54 Å². The van der Waals surface area contributed by atoms with Gasteiger partial charge >= 0.3 is 0 Å². The van der Waals surface area contributed by atoms with E-state index >= 15 is 0 Å². The number of carbonyl (C=O) groups is 1. The summed E-state index contributed by atoms with van der Waals surface area (Å²) < 4.78 is 1.61. The molecule has 18 heavy (non-hydrogen) atoms. The molecule has 6 heteroatoms. The van der Waals surface area contributed by atoms with Gasteiger partial charge in [-0.15, -0.1) is 23.7 Å². The van der Waals surface area contributed by atoms with Crippen LogP contribution >= 0.6 is 23.7 Å². The van der Waals surface area contributed by atoms with Crippen LogP contribution in [-0.4, -0.2) is 10.5 Å². The molecule has 0 unspecified atom stereocenters. The molecule has 1 heterocycles. The van der Waals surface area contributed by atoms with Crippen molar-refractivity contribution < 1.29 is 4.79 Å². The standard InChI is InChI=1S/C12H13N3OS.ClH/c1-9-4-2-3-5-10(9)14-11(16)8-15-6-7-17-12(15)13;/h2-7,13H,8H2,1H3,(H,14,16);1H. The SMILES string of the molecule is Cc1ccccc1NC(=O)Cn1ccsc1=N.Cl. The minimum atomic E-state index is -0.115. The van der Waals surface area contributed by atoms with Gasteiger partial charge in [-0.05, 0) is 18.6 Å². The van der Waals surface area contributed by atoms with E-state index in [2.05, 4.69) is 5.32 Å². The number of para-hydroxylation sites is 1. The quantitative estimate of drug-likeness (QED) is 0.893. The molecular weight excluding hydrogens is 270 g/mol. The monoisotopic (exact) mass is 283 g/mol. The van der Waals surface area contributed by atoms with Gasteiger partial charge in [0.15, 0.2) is 4.80 Å². The van der Waals surface area contributed by atoms with Crippen LogP contribution in [0.25, 0.3) is 0 Å². The predicted molar refractivity (Wildman–Crippen MR) is 75.2 cm³/mol. The fourth-order valence-corrected chi connectivity index (χ4v) is 2.08. The third kappa shape index (κ3) is 3.45. The maximum Gasteiger partial charge on any atom is 0.244 e. The van der Waals surface area contributed by atoms with Gasteiger partial charge in [0.25, 0.3) is 0 Å². The molecule has 0 fully saturated rings. The number of nitrogens with zero attached hydrogens (tertiary/aromatic N) is 1. The fourth-order valence-electron chi connectivity index (χ4n) is 1.49. The van der Waals surface area contributed by atoms with Crippen molar-refractivity contribution in [1.29, 1.82) is 5.41 Å². The third-order valence-corrected chi connectivity index (χ3v) is 3.13. The highest BCUT2D eigenvalue weighted by Crippen LogP contribution is 2.12. The molecule has 0 atom stereocenters. The number of aryl methyl sites for hydroxylation is 1. The second-order valence-corrected chi connectivity index (χ2v) is 4.59. The number of carbonyl (C=O) groups excluding carboxylic acids is 1. The second kappa shape index (κ2) is 6.37. The molecule has 2 N–H and O–H groups in total. The normalized spacial score (nSPS) is 9.61. The van der Waals surface area contributed by atoms with Gasteiger partial charge in [-0.25, -0.2) is 0 Å². The summed E-state index contributed by atoms with van der Waals surface area (Å²) in [7, 11) is 0. The summed E-state index contributed by atoms with van der Waals surface area (Å²) in [6.45, 7) is 2.12. The highest BCUT2D eigenvalue weighted by Gasteiger charge is 2.05. The van der Waals surface area contributed by atoms with Gasteiger partial charge in [-0.2, -0.15) is 0 Å². The maximum absolute atomic E-state index is 11.8. The number of nitrogens with one attached hydrogen (secondary N) is 2. The summed E-state index contributed by atoms with van der Waals surface area (Å²) in [5.74, 6) is -0.115. The zero-order valence-electron chi connectivity index (χ0n) is 9.84. The van der Waals surface area contributed by atoms with Crippen molar-refractivity contribution in [3.05, 3.63) is 46.2 Å². The predicted octanol–water partition coefficient (Wildman–Crippen LogP) is 2.40. The third-order valence-electron chi connectivity index (χ3n) is 2.41. The molecule has 4 nitrogen and oxygen atoms in total. The summed E-state index contributed by atoms with van der Waals surface area (Å²) >= 11 is 1.31. The molecule has 1 aromatic heterocycles. The van der Waals surface area contributed by atoms with Crippen molar-refractivity contribution in [3.8, 4) is 0 Å². The van der Waals surface area contributed by atoms with Crippen LogP contribution in [-0.2, 0) is 11.3 Å². The van der Waals surface area contributed by atoms with E-state index in [9.17, 15) is 4.79 Å². The number of rotatable bonds is 3. The van der Waals surface area contributed by atoms with E-state index in [1.165, 1.54) is 11.3 Å². The Morgan fingerprint density at radius 3 is 2.78 bits per heavy atom. The average Bonchev–Trinajstić information content (AvgIpc) is 2.68. The average molecular weight is 284 g/mol. The van der Waals surface area contributed by atoms with Gasteiger partial charge in [0.2, 0.25) is 5.91 Å². The highest BCUT2D eigenvalue weighted by atomic mass is 35.5. The van der Waals surface area contributed by atoms with Crippen LogP contribution in [0.5, 0.6) is 0 Å². The van der Waals surface area contributed by atoms with E-state index in [0.29, 0.717) is 4.80 Å². The van der Waals surface area contributed by atoms with E-state index < -0.39 is 0 Å². The first-order chi connectivity index (χ1) is 8.16. The van der Waals surface area contributed by atoms with Crippen LogP contribution in [0.4, 0.5) is 5.69 Å². The zero-order chi connectivity index (χ0) is 12.3. The van der Waals surface area contributed by atoms with Gasteiger partial charge in [-0.3, -0.25) is 10.2 Å². The lowest BCUT2D eigenvalue weighted by atomic mass is 10.2. The van der Waals surface area contributed by atoms with E-state index in [-0.39, 0.29) is 24.9 Å². The van der Waals surface area contributed by atoms with Crippen LogP contribution in [0.1, 0.15) is 5.56 Å². The molecule has 1 aromatic carbocycles. The van der Waals surface area contributed by atoms with Crippen molar-refractivity contribution >= 4 is 35.3 Å². The lowest BCUT2D eigenvalue weighted by Crippen LogP contribution is -2.24. The first-order valence-corrected chi connectivity index (χ1v) is 6.09. The summed E-state index contributed by atoms with van der Waals surface area (Å²) in [6.07, 6.45) is 1.74. The Morgan fingerprint density at radius 2 is 2.17 bits per heavy atom. The molecule has 2 rings (SSSR count). The number of halogens is 1. The number of benzene rings is 1. The van der Waals surface area contributed by atoms with Gasteiger partial charge in [0, 0.05) is 17.3 Å². The van der Waals surface area contributed by atoms with E-state index in [0.717, 1.165) is 11.3 Å². The summed E-state index contributed by atoms with van der Waals surface area (Å²) in [5, 5.41) is 12.2. The molecule has 0 bridgehead atoms. The maximum atomic E-state index is 11.8. The molecule has 0 saturated carbocycles. The van der Waals surface area contributed by atoms with Crippen LogP contribution in [0.3, 0.4) is 0 Å². The molecule has 0 saturated heterocycles. The first-order valence-electron chi connectivity index (χ1n) is 5.21. The Kier molecular flexibility index (Phi) is 5.12. The number of amides is 1. The molecule has 2 aromatic rings. The number of thiazole rings is 1.